The van der Waals surface area contributed by atoms with Crippen molar-refractivity contribution in [1.82, 2.24) is 9.97 Å². The Kier molecular flexibility index (Phi) is 4.21. The summed E-state index contributed by atoms with van der Waals surface area (Å²) in [6, 6.07) is 7.06. The average Bonchev–Trinajstić information content (AvgIpc) is 2.32. The van der Waals surface area contributed by atoms with Crippen LogP contribution >= 0.6 is 23.2 Å². The first kappa shape index (κ1) is 15.1. The number of hydrogen-bond acceptors (Lipinski definition) is 3. The van der Waals surface area contributed by atoms with Crippen LogP contribution in [0.1, 0.15) is 32.2 Å². The van der Waals surface area contributed by atoms with Gasteiger partial charge in [-0.2, -0.15) is 4.98 Å². The van der Waals surface area contributed by atoms with Gasteiger partial charge in [0.15, 0.2) is 0 Å². The maximum absolute atomic E-state index is 6.04. The molecule has 1 aromatic heterocycles. The Morgan fingerprint density at radius 3 is 2.40 bits per heavy atom. The lowest BCUT2D eigenvalue weighted by atomic mass is 9.96. The number of benzene rings is 1. The minimum absolute atomic E-state index is 0.202. The highest BCUT2D eigenvalue weighted by atomic mass is 35.5. The standard InChI is InChI=1S/C15H16Cl2N2O/c1-9-5-6-10(16)7-11(9)20-13-8-12(17)18-14(19-13)15(2,3)4/h5-8H,1-4H3. The summed E-state index contributed by atoms with van der Waals surface area (Å²) in [4.78, 5) is 8.65. The Morgan fingerprint density at radius 2 is 1.75 bits per heavy atom. The van der Waals surface area contributed by atoms with E-state index >= 15 is 0 Å². The van der Waals surface area contributed by atoms with E-state index in [2.05, 4.69) is 9.97 Å². The molecule has 0 atom stereocenters. The maximum atomic E-state index is 6.04. The second kappa shape index (κ2) is 5.58. The third kappa shape index (κ3) is 3.62. The highest BCUT2D eigenvalue weighted by Crippen LogP contribution is 2.29. The zero-order valence-electron chi connectivity index (χ0n) is 11.9. The molecule has 5 heteroatoms. The molecule has 0 bridgehead atoms. The molecule has 0 aliphatic rings. The normalized spacial score (nSPS) is 11.5. The van der Waals surface area contributed by atoms with Crippen LogP contribution in [0.25, 0.3) is 0 Å². The fraction of sp³-hybridized carbons (Fsp3) is 0.333. The van der Waals surface area contributed by atoms with E-state index in [0.29, 0.717) is 27.6 Å². The van der Waals surface area contributed by atoms with Crippen molar-refractivity contribution in [1.29, 1.82) is 0 Å². The highest BCUT2D eigenvalue weighted by Gasteiger charge is 2.19. The number of ether oxygens (including phenoxy) is 1. The number of aryl methyl sites for hydroxylation is 1. The molecule has 0 amide bonds. The molecule has 20 heavy (non-hydrogen) atoms. The second-order valence-electron chi connectivity index (χ2n) is 5.61. The number of rotatable bonds is 2. The van der Waals surface area contributed by atoms with Crippen molar-refractivity contribution >= 4 is 23.2 Å². The second-order valence-corrected chi connectivity index (χ2v) is 6.44. The van der Waals surface area contributed by atoms with E-state index in [4.69, 9.17) is 27.9 Å². The number of hydrogen-bond donors (Lipinski definition) is 0. The van der Waals surface area contributed by atoms with Crippen LogP contribution in [0.3, 0.4) is 0 Å². The lowest BCUT2D eigenvalue weighted by Crippen LogP contribution is -2.16. The van der Waals surface area contributed by atoms with Gasteiger partial charge in [-0.1, -0.05) is 50.0 Å². The van der Waals surface area contributed by atoms with Crippen molar-refractivity contribution < 1.29 is 4.74 Å². The van der Waals surface area contributed by atoms with E-state index in [1.54, 1.807) is 12.1 Å². The monoisotopic (exact) mass is 310 g/mol. The summed E-state index contributed by atoms with van der Waals surface area (Å²) < 4.78 is 5.79. The first-order valence-corrected chi connectivity index (χ1v) is 7.00. The zero-order valence-corrected chi connectivity index (χ0v) is 13.4. The molecule has 106 valence electrons. The number of aromatic nitrogens is 2. The molecule has 0 unspecified atom stereocenters. The van der Waals surface area contributed by atoms with E-state index in [1.165, 1.54) is 0 Å². The fourth-order valence-corrected chi connectivity index (χ4v) is 1.92. The minimum atomic E-state index is -0.202. The van der Waals surface area contributed by atoms with Gasteiger partial charge in [0.1, 0.15) is 16.7 Å². The largest absolute Gasteiger partial charge is 0.439 e. The molecule has 0 N–H and O–H groups in total. The van der Waals surface area contributed by atoms with Crippen molar-refractivity contribution in [2.24, 2.45) is 0 Å². The molecule has 0 fully saturated rings. The third-order valence-electron chi connectivity index (χ3n) is 2.71. The SMILES string of the molecule is Cc1ccc(Cl)cc1Oc1cc(Cl)nc(C(C)(C)C)n1. The maximum Gasteiger partial charge on any atom is 0.224 e. The summed E-state index contributed by atoms with van der Waals surface area (Å²) >= 11 is 12.0. The molecular weight excluding hydrogens is 295 g/mol. The van der Waals surface area contributed by atoms with Gasteiger partial charge in [0.25, 0.3) is 0 Å². The predicted octanol–water partition coefficient (Wildman–Crippen LogP) is 5.18. The van der Waals surface area contributed by atoms with Crippen LogP contribution in [0.2, 0.25) is 10.2 Å². The lowest BCUT2D eigenvalue weighted by Gasteiger charge is -2.17. The van der Waals surface area contributed by atoms with Crippen LogP contribution in [0.4, 0.5) is 0 Å². The van der Waals surface area contributed by atoms with Gasteiger partial charge in [0, 0.05) is 16.5 Å². The van der Waals surface area contributed by atoms with Gasteiger partial charge in [-0.15, -0.1) is 0 Å². The average molecular weight is 311 g/mol. The Labute approximate surface area is 128 Å². The summed E-state index contributed by atoms with van der Waals surface area (Å²) in [5, 5.41) is 0.974. The van der Waals surface area contributed by atoms with Crippen LogP contribution in [0.5, 0.6) is 11.6 Å². The molecule has 2 rings (SSSR count). The van der Waals surface area contributed by atoms with Crippen molar-refractivity contribution in [2.45, 2.75) is 33.1 Å². The molecule has 0 aliphatic carbocycles. The van der Waals surface area contributed by atoms with Crippen molar-refractivity contribution in [3.8, 4) is 11.6 Å². The Hall–Kier alpha value is -1.32. The smallest absolute Gasteiger partial charge is 0.224 e. The first-order chi connectivity index (χ1) is 9.25. The minimum Gasteiger partial charge on any atom is -0.439 e. The van der Waals surface area contributed by atoms with Crippen LogP contribution in [-0.2, 0) is 5.41 Å². The van der Waals surface area contributed by atoms with Gasteiger partial charge >= 0.3 is 0 Å². The zero-order chi connectivity index (χ0) is 14.9. The Morgan fingerprint density at radius 1 is 1.05 bits per heavy atom. The first-order valence-electron chi connectivity index (χ1n) is 6.25. The molecule has 0 spiro atoms. The van der Waals surface area contributed by atoms with E-state index in [1.807, 2.05) is 39.8 Å². The van der Waals surface area contributed by atoms with Gasteiger partial charge in [-0.05, 0) is 24.6 Å². The quantitative estimate of drug-likeness (QED) is 0.717. The molecule has 0 saturated carbocycles. The molecule has 0 aliphatic heterocycles. The lowest BCUT2D eigenvalue weighted by molar-refractivity contribution is 0.443. The number of nitrogens with zero attached hydrogens (tertiary/aromatic N) is 2. The van der Waals surface area contributed by atoms with Gasteiger partial charge in [0.05, 0.1) is 0 Å². The van der Waals surface area contributed by atoms with Gasteiger partial charge in [-0.25, -0.2) is 4.98 Å². The summed E-state index contributed by atoms with van der Waals surface area (Å²) in [6.45, 7) is 8.01. The molecule has 1 aromatic carbocycles. The van der Waals surface area contributed by atoms with Crippen molar-refractivity contribution in [3.63, 3.8) is 0 Å². The molecule has 3 nitrogen and oxygen atoms in total. The van der Waals surface area contributed by atoms with Gasteiger partial charge < -0.3 is 4.74 Å². The van der Waals surface area contributed by atoms with Crippen LogP contribution in [0.15, 0.2) is 24.3 Å². The number of halogens is 2. The highest BCUT2D eigenvalue weighted by molar-refractivity contribution is 6.30. The van der Waals surface area contributed by atoms with Crippen molar-refractivity contribution in [2.75, 3.05) is 0 Å². The van der Waals surface area contributed by atoms with Crippen molar-refractivity contribution in [3.05, 3.63) is 45.8 Å². The van der Waals surface area contributed by atoms with E-state index in [0.717, 1.165) is 5.56 Å². The van der Waals surface area contributed by atoms with E-state index < -0.39 is 0 Å². The molecule has 1 heterocycles. The van der Waals surface area contributed by atoms with Gasteiger partial charge in [0.2, 0.25) is 5.88 Å². The van der Waals surface area contributed by atoms with Crippen LogP contribution < -0.4 is 4.74 Å². The predicted molar refractivity (Wildman–Crippen MR) is 82.0 cm³/mol. The molecular formula is C15H16Cl2N2O. The topological polar surface area (TPSA) is 35.0 Å². The Balaban J connectivity index is 2.39. The molecule has 0 saturated heterocycles. The summed E-state index contributed by atoms with van der Waals surface area (Å²) in [5.41, 5.74) is 0.772. The molecule has 2 aromatic rings. The molecule has 0 radical (unpaired) electrons. The summed E-state index contributed by atoms with van der Waals surface area (Å²) in [6.07, 6.45) is 0. The van der Waals surface area contributed by atoms with Crippen LogP contribution in [0, 0.1) is 6.92 Å². The summed E-state index contributed by atoms with van der Waals surface area (Å²) in [7, 11) is 0. The summed E-state index contributed by atoms with van der Waals surface area (Å²) in [5.74, 6) is 1.71. The van der Waals surface area contributed by atoms with E-state index in [9.17, 15) is 0 Å². The fourth-order valence-electron chi connectivity index (χ4n) is 1.58. The Bertz CT molecular complexity index is 636. The van der Waals surface area contributed by atoms with E-state index in [-0.39, 0.29) is 5.41 Å². The van der Waals surface area contributed by atoms with Crippen LogP contribution in [-0.4, -0.2) is 9.97 Å². The third-order valence-corrected chi connectivity index (χ3v) is 3.14. The van der Waals surface area contributed by atoms with Gasteiger partial charge in [-0.3, -0.25) is 0 Å².